The van der Waals surface area contributed by atoms with E-state index in [2.05, 4.69) is 24.1 Å². The van der Waals surface area contributed by atoms with Crippen molar-refractivity contribution < 1.29 is 9.47 Å². The van der Waals surface area contributed by atoms with Gasteiger partial charge < -0.3 is 19.7 Å². The maximum absolute atomic E-state index is 5.85. The number of ether oxygens (including phenoxy) is 2. The predicted octanol–water partition coefficient (Wildman–Crippen LogP) is 2.24. The summed E-state index contributed by atoms with van der Waals surface area (Å²) in [5.41, 5.74) is 0. The van der Waals surface area contributed by atoms with Gasteiger partial charge >= 0.3 is 0 Å². The molecular formula is C16H32N2O2. The Morgan fingerprint density at radius 3 is 2.85 bits per heavy atom. The lowest BCUT2D eigenvalue weighted by Crippen LogP contribution is -2.46. The van der Waals surface area contributed by atoms with Gasteiger partial charge in [0.2, 0.25) is 0 Å². The summed E-state index contributed by atoms with van der Waals surface area (Å²) in [6.45, 7) is 13.9. The van der Waals surface area contributed by atoms with Gasteiger partial charge in [-0.1, -0.05) is 6.92 Å². The van der Waals surface area contributed by atoms with Crippen molar-refractivity contribution in [1.82, 2.24) is 10.2 Å². The first-order valence-electron chi connectivity index (χ1n) is 8.27. The lowest BCUT2D eigenvalue weighted by atomic mass is 9.91. The minimum Gasteiger partial charge on any atom is -0.348 e. The lowest BCUT2D eigenvalue weighted by molar-refractivity contribution is -0.138. The molecule has 2 aliphatic heterocycles. The highest BCUT2D eigenvalue weighted by molar-refractivity contribution is 4.82. The highest BCUT2D eigenvalue weighted by Gasteiger charge is 2.33. The topological polar surface area (TPSA) is 33.7 Å². The van der Waals surface area contributed by atoms with Gasteiger partial charge in [0.25, 0.3) is 0 Å². The second kappa shape index (κ2) is 7.21. The minimum absolute atomic E-state index is 0.197. The van der Waals surface area contributed by atoms with Crippen molar-refractivity contribution in [2.75, 3.05) is 32.8 Å². The number of rotatable bonds is 6. The molecule has 4 nitrogen and oxygen atoms in total. The number of hydrogen-bond acceptors (Lipinski definition) is 4. The molecule has 20 heavy (non-hydrogen) atoms. The fourth-order valence-corrected chi connectivity index (χ4v) is 3.37. The van der Waals surface area contributed by atoms with Crippen LogP contribution in [0.1, 0.15) is 47.0 Å². The van der Waals surface area contributed by atoms with Crippen LogP contribution in [0.25, 0.3) is 0 Å². The minimum atomic E-state index is -0.404. The molecule has 0 aromatic heterocycles. The van der Waals surface area contributed by atoms with E-state index in [1.807, 2.05) is 13.8 Å². The third kappa shape index (κ3) is 4.69. The van der Waals surface area contributed by atoms with E-state index in [-0.39, 0.29) is 6.10 Å². The third-order valence-electron chi connectivity index (χ3n) is 4.52. The van der Waals surface area contributed by atoms with Gasteiger partial charge in [0.1, 0.15) is 0 Å². The molecule has 0 amide bonds. The van der Waals surface area contributed by atoms with Crippen molar-refractivity contribution in [3.05, 3.63) is 0 Å². The fraction of sp³-hybridized carbons (Fsp3) is 1.00. The van der Waals surface area contributed by atoms with E-state index in [9.17, 15) is 0 Å². The Balaban J connectivity index is 1.70. The molecule has 118 valence electrons. The van der Waals surface area contributed by atoms with E-state index >= 15 is 0 Å². The Hall–Kier alpha value is -0.160. The van der Waals surface area contributed by atoms with E-state index in [0.29, 0.717) is 12.6 Å². The molecule has 3 unspecified atom stereocenters. The molecule has 2 saturated heterocycles. The molecule has 4 heteroatoms. The molecule has 3 atom stereocenters. The first kappa shape index (κ1) is 16.2. The molecule has 2 aliphatic rings. The van der Waals surface area contributed by atoms with Gasteiger partial charge in [-0.25, -0.2) is 0 Å². The van der Waals surface area contributed by atoms with Crippen LogP contribution in [0.4, 0.5) is 0 Å². The zero-order chi connectivity index (χ0) is 14.6. The van der Waals surface area contributed by atoms with Crippen LogP contribution in [-0.4, -0.2) is 55.6 Å². The normalized spacial score (nSPS) is 32.4. The largest absolute Gasteiger partial charge is 0.348 e. The molecule has 0 saturated carbocycles. The van der Waals surface area contributed by atoms with Crippen molar-refractivity contribution in [3.8, 4) is 0 Å². The SMILES string of the molecule is CCCN1CCCC(C(C)NCC2COC(C)(C)O2)C1. The Morgan fingerprint density at radius 2 is 2.20 bits per heavy atom. The van der Waals surface area contributed by atoms with E-state index < -0.39 is 5.79 Å². The van der Waals surface area contributed by atoms with Crippen molar-refractivity contribution in [3.63, 3.8) is 0 Å². The molecule has 2 heterocycles. The predicted molar refractivity (Wildman–Crippen MR) is 81.8 cm³/mol. The summed E-state index contributed by atoms with van der Waals surface area (Å²) in [6, 6.07) is 0.557. The molecule has 0 radical (unpaired) electrons. The Morgan fingerprint density at radius 1 is 1.40 bits per heavy atom. The zero-order valence-electron chi connectivity index (χ0n) is 13.7. The molecule has 0 bridgehead atoms. The van der Waals surface area contributed by atoms with Gasteiger partial charge in [-0.3, -0.25) is 0 Å². The molecule has 0 aliphatic carbocycles. The first-order chi connectivity index (χ1) is 9.50. The van der Waals surface area contributed by atoms with Gasteiger partial charge in [0.05, 0.1) is 12.7 Å². The highest BCUT2D eigenvalue weighted by atomic mass is 16.7. The van der Waals surface area contributed by atoms with Crippen molar-refractivity contribution in [1.29, 1.82) is 0 Å². The van der Waals surface area contributed by atoms with Crippen LogP contribution in [0.5, 0.6) is 0 Å². The van der Waals surface area contributed by atoms with E-state index in [4.69, 9.17) is 9.47 Å². The monoisotopic (exact) mass is 284 g/mol. The average Bonchev–Trinajstić information content (AvgIpc) is 2.76. The Kier molecular flexibility index (Phi) is 5.84. The molecule has 1 N–H and O–H groups in total. The fourth-order valence-electron chi connectivity index (χ4n) is 3.37. The van der Waals surface area contributed by atoms with E-state index in [0.717, 1.165) is 12.5 Å². The van der Waals surface area contributed by atoms with E-state index in [1.54, 1.807) is 0 Å². The molecule has 0 aromatic carbocycles. The lowest BCUT2D eigenvalue weighted by Gasteiger charge is -2.36. The summed E-state index contributed by atoms with van der Waals surface area (Å²) >= 11 is 0. The van der Waals surface area contributed by atoms with Crippen LogP contribution in [0.3, 0.4) is 0 Å². The number of likely N-dealkylation sites (tertiary alicyclic amines) is 1. The summed E-state index contributed by atoms with van der Waals surface area (Å²) in [4.78, 5) is 2.62. The summed E-state index contributed by atoms with van der Waals surface area (Å²) in [6.07, 6.45) is 4.15. The van der Waals surface area contributed by atoms with Crippen LogP contribution in [0.2, 0.25) is 0 Å². The molecular weight excluding hydrogens is 252 g/mol. The molecule has 0 aromatic rings. The Labute approximate surface area is 124 Å². The third-order valence-corrected chi connectivity index (χ3v) is 4.52. The maximum Gasteiger partial charge on any atom is 0.163 e. The summed E-state index contributed by atoms with van der Waals surface area (Å²) in [5, 5.41) is 3.66. The smallest absolute Gasteiger partial charge is 0.163 e. The summed E-state index contributed by atoms with van der Waals surface area (Å²) < 4.78 is 11.5. The first-order valence-corrected chi connectivity index (χ1v) is 8.27. The second-order valence-electron chi connectivity index (χ2n) is 6.85. The molecule has 0 spiro atoms. The van der Waals surface area contributed by atoms with Gasteiger partial charge in [-0.05, 0) is 59.0 Å². The number of nitrogens with zero attached hydrogens (tertiary/aromatic N) is 1. The van der Waals surface area contributed by atoms with Crippen LogP contribution in [0.15, 0.2) is 0 Å². The maximum atomic E-state index is 5.85. The summed E-state index contributed by atoms with van der Waals surface area (Å²) in [5.74, 6) is 0.365. The second-order valence-corrected chi connectivity index (χ2v) is 6.85. The van der Waals surface area contributed by atoms with Crippen molar-refractivity contribution in [2.24, 2.45) is 5.92 Å². The molecule has 2 fully saturated rings. The number of nitrogens with one attached hydrogen (secondary N) is 1. The zero-order valence-corrected chi connectivity index (χ0v) is 13.7. The van der Waals surface area contributed by atoms with Gasteiger partial charge in [-0.2, -0.15) is 0 Å². The van der Waals surface area contributed by atoms with Crippen LogP contribution in [-0.2, 0) is 9.47 Å². The highest BCUT2D eigenvalue weighted by Crippen LogP contribution is 2.23. The van der Waals surface area contributed by atoms with Crippen LogP contribution in [0, 0.1) is 5.92 Å². The summed E-state index contributed by atoms with van der Waals surface area (Å²) in [7, 11) is 0. The standard InChI is InChI=1S/C16H32N2O2/c1-5-8-18-9-6-7-14(11-18)13(2)17-10-15-12-19-16(3,4)20-15/h13-15,17H,5-12H2,1-4H3. The quantitative estimate of drug-likeness (QED) is 0.811. The van der Waals surface area contributed by atoms with Crippen LogP contribution < -0.4 is 5.32 Å². The molecule has 2 rings (SSSR count). The number of piperidine rings is 1. The van der Waals surface area contributed by atoms with Crippen LogP contribution >= 0.6 is 0 Å². The Bertz CT molecular complexity index is 294. The van der Waals surface area contributed by atoms with Gasteiger partial charge in [0.15, 0.2) is 5.79 Å². The van der Waals surface area contributed by atoms with Gasteiger partial charge in [-0.15, -0.1) is 0 Å². The van der Waals surface area contributed by atoms with Crippen molar-refractivity contribution >= 4 is 0 Å². The average molecular weight is 284 g/mol. The van der Waals surface area contributed by atoms with E-state index in [1.165, 1.54) is 38.9 Å². The van der Waals surface area contributed by atoms with Crippen molar-refractivity contribution in [2.45, 2.75) is 64.9 Å². The van der Waals surface area contributed by atoms with Gasteiger partial charge in [0, 0.05) is 19.1 Å². The number of hydrogen-bond donors (Lipinski definition) is 1.